The van der Waals surface area contributed by atoms with E-state index in [1.807, 2.05) is 25.1 Å². The molecule has 5 heteroatoms. The standard InChI is InChI=1S/C9H8BrN3O/c1-5-4-6(2-3-7(5)10)8-12-9(11)13-14-8/h2-4H,1H3,(H2,11,13). The molecule has 0 amide bonds. The zero-order valence-electron chi connectivity index (χ0n) is 7.49. The maximum Gasteiger partial charge on any atom is 0.261 e. The quantitative estimate of drug-likeness (QED) is 0.848. The Bertz CT molecular complexity index is 467. The predicted molar refractivity (Wildman–Crippen MR) is 56.6 cm³/mol. The molecular formula is C9H8BrN3O. The summed E-state index contributed by atoms with van der Waals surface area (Å²) in [7, 11) is 0. The lowest BCUT2D eigenvalue weighted by molar-refractivity contribution is 0.433. The Balaban J connectivity index is 2.47. The average molecular weight is 254 g/mol. The van der Waals surface area contributed by atoms with Gasteiger partial charge in [-0.25, -0.2) is 0 Å². The van der Waals surface area contributed by atoms with E-state index in [1.165, 1.54) is 0 Å². The van der Waals surface area contributed by atoms with Crippen molar-refractivity contribution in [2.75, 3.05) is 5.73 Å². The zero-order chi connectivity index (χ0) is 10.1. The number of rotatable bonds is 1. The fourth-order valence-electron chi connectivity index (χ4n) is 1.13. The molecule has 1 heterocycles. The minimum Gasteiger partial charge on any atom is -0.365 e. The third-order valence-corrected chi connectivity index (χ3v) is 2.74. The summed E-state index contributed by atoms with van der Waals surface area (Å²) < 4.78 is 5.99. The Labute approximate surface area is 89.2 Å². The van der Waals surface area contributed by atoms with Gasteiger partial charge in [0, 0.05) is 10.0 Å². The van der Waals surface area contributed by atoms with Crippen molar-refractivity contribution < 1.29 is 4.52 Å². The highest BCUT2D eigenvalue weighted by molar-refractivity contribution is 9.10. The lowest BCUT2D eigenvalue weighted by Gasteiger charge is -1.98. The van der Waals surface area contributed by atoms with Crippen molar-refractivity contribution in [3.8, 4) is 11.5 Å². The fourth-order valence-corrected chi connectivity index (χ4v) is 1.38. The third-order valence-electron chi connectivity index (χ3n) is 1.85. The molecule has 0 atom stereocenters. The van der Waals surface area contributed by atoms with E-state index < -0.39 is 0 Å². The molecular weight excluding hydrogens is 246 g/mol. The third kappa shape index (κ3) is 1.63. The van der Waals surface area contributed by atoms with Gasteiger partial charge in [0.05, 0.1) is 0 Å². The Morgan fingerprint density at radius 3 is 2.79 bits per heavy atom. The molecule has 0 saturated heterocycles. The van der Waals surface area contributed by atoms with Crippen LogP contribution in [0.4, 0.5) is 5.95 Å². The Morgan fingerprint density at radius 2 is 2.21 bits per heavy atom. The van der Waals surface area contributed by atoms with Crippen LogP contribution in [-0.2, 0) is 0 Å². The number of anilines is 1. The van der Waals surface area contributed by atoms with Crippen molar-refractivity contribution in [2.45, 2.75) is 6.92 Å². The number of nitrogens with zero attached hydrogens (tertiary/aromatic N) is 2. The number of nitrogen functional groups attached to an aromatic ring is 1. The summed E-state index contributed by atoms with van der Waals surface area (Å²) in [5.74, 6) is 0.596. The van der Waals surface area contributed by atoms with Crippen molar-refractivity contribution in [3.05, 3.63) is 28.2 Å². The van der Waals surface area contributed by atoms with Gasteiger partial charge in [0.2, 0.25) is 0 Å². The highest BCUT2D eigenvalue weighted by atomic mass is 79.9. The van der Waals surface area contributed by atoms with E-state index in [9.17, 15) is 0 Å². The van der Waals surface area contributed by atoms with Crippen LogP contribution in [0.1, 0.15) is 5.56 Å². The number of hydrogen-bond acceptors (Lipinski definition) is 4. The number of benzene rings is 1. The van der Waals surface area contributed by atoms with Crippen LogP contribution in [0.3, 0.4) is 0 Å². The molecule has 0 saturated carbocycles. The predicted octanol–water partition coefficient (Wildman–Crippen LogP) is 2.39. The monoisotopic (exact) mass is 253 g/mol. The molecule has 1 aromatic heterocycles. The van der Waals surface area contributed by atoms with E-state index in [2.05, 4.69) is 26.1 Å². The first kappa shape index (κ1) is 9.21. The summed E-state index contributed by atoms with van der Waals surface area (Å²) in [6.07, 6.45) is 0. The molecule has 2 N–H and O–H groups in total. The molecule has 1 aromatic carbocycles. The van der Waals surface area contributed by atoms with E-state index in [0.717, 1.165) is 15.6 Å². The van der Waals surface area contributed by atoms with Crippen LogP contribution in [0.2, 0.25) is 0 Å². The van der Waals surface area contributed by atoms with Crippen LogP contribution >= 0.6 is 15.9 Å². The molecule has 0 aliphatic rings. The van der Waals surface area contributed by atoms with Gasteiger partial charge < -0.3 is 10.3 Å². The van der Waals surface area contributed by atoms with Crippen LogP contribution in [-0.4, -0.2) is 10.1 Å². The van der Waals surface area contributed by atoms with Gasteiger partial charge in [-0.15, -0.1) is 0 Å². The zero-order valence-corrected chi connectivity index (χ0v) is 9.08. The van der Waals surface area contributed by atoms with Crippen LogP contribution in [0.25, 0.3) is 11.5 Å². The minimum atomic E-state index is 0.153. The van der Waals surface area contributed by atoms with E-state index in [-0.39, 0.29) is 5.95 Å². The summed E-state index contributed by atoms with van der Waals surface area (Å²) in [6, 6.07) is 5.78. The number of aryl methyl sites for hydroxylation is 1. The maximum absolute atomic E-state index is 5.36. The minimum absolute atomic E-state index is 0.153. The van der Waals surface area contributed by atoms with Gasteiger partial charge in [0.25, 0.3) is 11.8 Å². The highest BCUT2D eigenvalue weighted by Gasteiger charge is 2.07. The lowest BCUT2D eigenvalue weighted by Crippen LogP contribution is -1.86. The molecule has 0 aliphatic carbocycles. The highest BCUT2D eigenvalue weighted by Crippen LogP contribution is 2.23. The molecule has 72 valence electrons. The summed E-state index contributed by atoms with van der Waals surface area (Å²) in [5, 5.41) is 3.53. The van der Waals surface area contributed by atoms with Gasteiger partial charge in [-0.2, -0.15) is 4.98 Å². The molecule has 2 aromatic rings. The van der Waals surface area contributed by atoms with Gasteiger partial charge >= 0.3 is 0 Å². The first-order valence-electron chi connectivity index (χ1n) is 4.02. The molecule has 2 rings (SSSR count). The SMILES string of the molecule is Cc1cc(-c2nc(N)no2)ccc1Br. The summed E-state index contributed by atoms with van der Waals surface area (Å²) >= 11 is 3.42. The van der Waals surface area contributed by atoms with Crippen molar-refractivity contribution in [1.82, 2.24) is 10.1 Å². The van der Waals surface area contributed by atoms with Gasteiger partial charge in [-0.3, -0.25) is 0 Å². The van der Waals surface area contributed by atoms with Crippen LogP contribution in [0.15, 0.2) is 27.2 Å². The molecule has 0 bridgehead atoms. The van der Waals surface area contributed by atoms with Crippen molar-refractivity contribution in [2.24, 2.45) is 0 Å². The number of halogens is 1. The molecule has 0 fully saturated rings. The molecule has 0 radical (unpaired) electrons. The Morgan fingerprint density at radius 1 is 1.43 bits per heavy atom. The molecule has 14 heavy (non-hydrogen) atoms. The van der Waals surface area contributed by atoms with Gasteiger partial charge in [-0.05, 0) is 35.8 Å². The topological polar surface area (TPSA) is 64.9 Å². The second-order valence-corrected chi connectivity index (χ2v) is 3.78. The van der Waals surface area contributed by atoms with Crippen LogP contribution in [0.5, 0.6) is 0 Å². The van der Waals surface area contributed by atoms with Crippen molar-refractivity contribution >= 4 is 21.9 Å². The summed E-state index contributed by atoms with van der Waals surface area (Å²) in [5.41, 5.74) is 7.34. The van der Waals surface area contributed by atoms with Crippen LogP contribution in [0, 0.1) is 6.92 Å². The lowest BCUT2D eigenvalue weighted by atomic mass is 10.1. The number of aromatic nitrogens is 2. The molecule has 0 unspecified atom stereocenters. The van der Waals surface area contributed by atoms with Gasteiger partial charge in [0.15, 0.2) is 0 Å². The van der Waals surface area contributed by atoms with Crippen LogP contribution < -0.4 is 5.73 Å². The maximum atomic E-state index is 5.36. The van der Waals surface area contributed by atoms with E-state index in [1.54, 1.807) is 0 Å². The Hall–Kier alpha value is -1.36. The Kier molecular flexibility index (Phi) is 2.25. The van der Waals surface area contributed by atoms with Gasteiger partial charge in [-0.1, -0.05) is 15.9 Å². The van der Waals surface area contributed by atoms with E-state index in [4.69, 9.17) is 10.3 Å². The van der Waals surface area contributed by atoms with Gasteiger partial charge in [0.1, 0.15) is 0 Å². The molecule has 0 spiro atoms. The van der Waals surface area contributed by atoms with Crippen molar-refractivity contribution in [3.63, 3.8) is 0 Å². The summed E-state index contributed by atoms with van der Waals surface area (Å²) in [4.78, 5) is 3.94. The molecule has 0 aliphatic heterocycles. The van der Waals surface area contributed by atoms with E-state index in [0.29, 0.717) is 5.89 Å². The first-order valence-corrected chi connectivity index (χ1v) is 4.82. The van der Waals surface area contributed by atoms with Crippen molar-refractivity contribution in [1.29, 1.82) is 0 Å². The smallest absolute Gasteiger partial charge is 0.261 e. The number of nitrogens with two attached hydrogens (primary N) is 1. The second-order valence-electron chi connectivity index (χ2n) is 2.92. The molecule has 4 nitrogen and oxygen atoms in total. The average Bonchev–Trinajstić information content (AvgIpc) is 2.57. The van der Waals surface area contributed by atoms with E-state index >= 15 is 0 Å². The fraction of sp³-hybridized carbons (Fsp3) is 0.111. The number of hydrogen-bond donors (Lipinski definition) is 1. The normalized spacial score (nSPS) is 10.4. The first-order chi connectivity index (χ1) is 6.66. The largest absolute Gasteiger partial charge is 0.365 e. The second kappa shape index (κ2) is 3.42. The summed E-state index contributed by atoms with van der Waals surface area (Å²) in [6.45, 7) is 1.99.